The molecule has 1 aliphatic rings. The second kappa shape index (κ2) is 4.39. The molecule has 1 aromatic carbocycles. The van der Waals surface area contributed by atoms with E-state index in [1.54, 1.807) is 25.1 Å². The standard InChI is InChI=1S/C11H8Cl2N2O2/c1-2-8-10(16)14-11(17)15(8)9-4-3-6(12)5-7(9)13/h2-5H,1H3,(H,14,16,17). The number of imide groups is 1. The zero-order valence-corrected chi connectivity index (χ0v) is 10.3. The number of nitrogens with zero attached hydrogens (tertiary/aromatic N) is 1. The molecule has 1 aliphatic heterocycles. The summed E-state index contributed by atoms with van der Waals surface area (Å²) in [5, 5.41) is 2.97. The first-order valence-corrected chi connectivity index (χ1v) is 5.57. The van der Waals surface area contributed by atoms with E-state index < -0.39 is 11.9 Å². The molecule has 1 aromatic rings. The number of carbonyl (C=O) groups is 2. The summed E-state index contributed by atoms with van der Waals surface area (Å²) in [6.45, 7) is 1.67. The van der Waals surface area contributed by atoms with Crippen LogP contribution in [0.1, 0.15) is 6.92 Å². The molecule has 0 unspecified atom stereocenters. The minimum atomic E-state index is -0.521. The molecular formula is C11H8Cl2N2O2. The largest absolute Gasteiger partial charge is 0.333 e. The van der Waals surface area contributed by atoms with Crippen LogP contribution >= 0.6 is 23.2 Å². The molecule has 4 nitrogen and oxygen atoms in total. The zero-order chi connectivity index (χ0) is 12.6. The van der Waals surface area contributed by atoms with Gasteiger partial charge in [0.25, 0.3) is 5.91 Å². The molecule has 0 bridgehead atoms. The normalized spacial score (nSPS) is 17.8. The first kappa shape index (κ1) is 12.0. The summed E-state index contributed by atoms with van der Waals surface area (Å²) in [6, 6.07) is 4.19. The number of amides is 3. The van der Waals surface area contributed by atoms with E-state index in [1.807, 2.05) is 0 Å². The molecule has 1 fully saturated rings. The zero-order valence-electron chi connectivity index (χ0n) is 8.83. The molecule has 88 valence electrons. The molecule has 3 amide bonds. The van der Waals surface area contributed by atoms with Crippen molar-refractivity contribution in [2.45, 2.75) is 6.92 Å². The number of allylic oxidation sites excluding steroid dienone is 1. The minimum Gasteiger partial charge on any atom is -0.272 e. The predicted octanol–water partition coefficient (Wildman–Crippen LogP) is 2.95. The van der Waals surface area contributed by atoms with Crippen LogP contribution in [0.4, 0.5) is 10.5 Å². The summed E-state index contributed by atoms with van der Waals surface area (Å²) in [5.74, 6) is -0.441. The van der Waals surface area contributed by atoms with Crippen LogP contribution in [0.3, 0.4) is 0 Å². The van der Waals surface area contributed by atoms with E-state index in [1.165, 1.54) is 11.0 Å². The number of hydrogen-bond donors (Lipinski definition) is 1. The number of benzene rings is 1. The van der Waals surface area contributed by atoms with Gasteiger partial charge in [0.2, 0.25) is 0 Å². The highest BCUT2D eigenvalue weighted by molar-refractivity contribution is 6.37. The van der Waals surface area contributed by atoms with Crippen LogP contribution in [-0.2, 0) is 4.79 Å². The summed E-state index contributed by atoms with van der Waals surface area (Å²) >= 11 is 11.8. The Morgan fingerprint density at radius 3 is 2.59 bits per heavy atom. The Labute approximate surface area is 108 Å². The van der Waals surface area contributed by atoms with Crippen LogP contribution in [0, 0.1) is 0 Å². The Balaban J connectivity index is 2.52. The topological polar surface area (TPSA) is 49.4 Å². The Kier molecular flexibility index (Phi) is 3.09. The molecule has 0 atom stereocenters. The van der Waals surface area contributed by atoms with Gasteiger partial charge in [-0.2, -0.15) is 0 Å². The number of halogens is 2. The SMILES string of the molecule is CC=C1C(=O)NC(=O)N1c1ccc(Cl)cc1Cl. The molecule has 0 aliphatic carbocycles. The number of anilines is 1. The van der Waals surface area contributed by atoms with Crippen molar-refractivity contribution in [3.63, 3.8) is 0 Å². The number of carbonyl (C=O) groups excluding carboxylic acids is 2. The third kappa shape index (κ3) is 2.01. The molecular weight excluding hydrogens is 263 g/mol. The fraction of sp³-hybridized carbons (Fsp3) is 0.0909. The monoisotopic (exact) mass is 270 g/mol. The van der Waals surface area contributed by atoms with Crippen molar-refractivity contribution in [3.8, 4) is 0 Å². The Hall–Kier alpha value is -1.52. The lowest BCUT2D eigenvalue weighted by atomic mass is 10.2. The van der Waals surface area contributed by atoms with E-state index >= 15 is 0 Å². The molecule has 0 aromatic heterocycles. The Morgan fingerprint density at radius 2 is 2.00 bits per heavy atom. The van der Waals surface area contributed by atoms with Crippen LogP contribution in [0.2, 0.25) is 10.0 Å². The fourth-order valence-electron chi connectivity index (χ4n) is 1.59. The van der Waals surface area contributed by atoms with Crippen molar-refractivity contribution in [3.05, 3.63) is 40.0 Å². The van der Waals surface area contributed by atoms with Crippen LogP contribution in [0.25, 0.3) is 0 Å². The van der Waals surface area contributed by atoms with Crippen molar-refractivity contribution >= 4 is 40.8 Å². The van der Waals surface area contributed by atoms with E-state index in [0.717, 1.165) is 0 Å². The Morgan fingerprint density at radius 1 is 1.29 bits per heavy atom. The van der Waals surface area contributed by atoms with Gasteiger partial charge in [0, 0.05) is 5.02 Å². The number of urea groups is 1. The lowest BCUT2D eigenvalue weighted by Crippen LogP contribution is -2.27. The lowest BCUT2D eigenvalue weighted by molar-refractivity contribution is -0.115. The smallest absolute Gasteiger partial charge is 0.272 e. The van der Waals surface area contributed by atoms with Gasteiger partial charge < -0.3 is 0 Å². The van der Waals surface area contributed by atoms with Crippen LogP contribution in [0.15, 0.2) is 30.0 Å². The summed E-state index contributed by atoms with van der Waals surface area (Å²) in [7, 11) is 0. The molecule has 17 heavy (non-hydrogen) atoms. The van der Waals surface area contributed by atoms with E-state index in [-0.39, 0.29) is 5.70 Å². The molecule has 1 N–H and O–H groups in total. The van der Waals surface area contributed by atoms with Gasteiger partial charge in [-0.15, -0.1) is 0 Å². The summed E-state index contributed by atoms with van der Waals surface area (Å²) in [4.78, 5) is 24.3. The molecule has 2 rings (SSSR count). The van der Waals surface area contributed by atoms with Crippen LogP contribution < -0.4 is 10.2 Å². The molecule has 0 saturated carbocycles. The summed E-state index contributed by atoms with van der Waals surface area (Å²) in [5.41, 5.74) is 0.673. The highest BCUT2D eigenvalue weighted by Crippen LogP contribution is 2.32. The van der Waals surface area contributed by atoms with Gasteiger partial charge in [0.05, 0.1) is 10.7 Å². The van der Waals surface area contributed by atoms with E-state index in [9.17, 15) is 9.59 Å². The van der Waals surface area contributed by atoms with Crippen molar-refractivity contribution in [1.29, 1.82) is 0 Å². The van der Waals surface area contributed by atoms with Gasteiger partial charge >= 0.3 is 6.03 Å². The van der Waals surface area contributed by atoms with Crippen molar-refractivity contribution in [2.24, 2.45) is 0 Å². The quantitative estimate of drug-likeness (QED) is 0.630. The maximum Gasteiger partial charge on any atom is 0.333 e. The van der Waals surface area contributed by atoms with Crippen molar-refractivity contribution in [2.75, 3.05) is 4.90 Å². The average Bonchev–Trinajstić information content (AvgIpc) is 2.53. The minimum absolute atomic E-state index is 0.249. The molecule has 0 radical (unpaired) electrons. The maximum atomic E-state index is 11.7. The second-order valence-electron chi connectivity index (χ2n) is 3.36. The number of nitrogens with one attached hydrogen (secondary N) is 1. The van der Waals surface area contributed by atoms with E-state index in [2.05, 4.69) is 5.32 Å². The number of hydrogen-bond acceptors (Lipinski definition) is 2. The summed E-state index contributed by atoms with van der Waals surface area (Å²) < 4.78 is 0. The molecule has 6 heteroatoms. The maximum absolute atomic E-state index is 11.7. The average molecular weight is 271 g/mol. The molecule has 0 spiro atoms. The van der Waals surface area contributed by atoms with Crippen LogP contribution in [-0.4, -0.2) is 11.9 Å². The first-order chi connectivity index (χ1) is 8.04. The van der Waals surface area contributed by atoms with E-state index in [0.29, 0.717) is 15.7 Å². The van der Waals surface area contributed by atoms with E-state index in [4.69, 9.17) is 23.2 Å². The van der Waals surface area contributed by atoms with Crippen LogP contribution in [0.5, 0.6) is 0 Å². The van der Waals surface area contributed by atoms with Crippen molar-refractivity contribution in [1.82, 2.24) is 5.32 Å². The van der Waals surface area contributed by atoms with Gasteiger partial charge in [-0.3, -0.25) is 15.0 Å². The van der Waals surface area contributed by atoms with Crippen molar-refractivity contribution < 1.29 is 9.59 Å². The third-order valence-corrected chi connectivity index (χ3v) is 2.86. The Bertz CT molecular complexity index is 540. The second-order valence-corrected chi connectivity index (χ2v) is 4.21. The first-order valence-electron chi connectivity index (χ1n) is 4.81. The highest BCUT2D eigenvalue weighted by Gasteiger charge is 2.34. The van der Waals surface area contributed by atoms with Gasteiger partial charge in [-0.25, -0.2) is 4.79 Å². The third-order valence-electron chi connectivity index (χ3n) is 2.32. The van der Waals surface area contributed by atoms with Gasteiger partial charge in [-0.1, -0.05) is 29.3 Å². The lowest BCUT2D eigenvalue weighted by Gasteiger charge is -2.16. The molecule has 1 heterocycles. The highest BCUT2D eigenvalue weighted by atomic mass is 35.5. The molecule has 1 saturated heterocycles. The predicted molar refractivity (Wildman–Crippen MR) is 66.2 cm³/mol. The summed E-state index contributed by atoms with van der Waals surface area (Å²) in [6.07, 6.45) is 1.55. The fourth-order valence-corrected chi connectivity index (χ4v) is 2.08. The number of rotatable bonds is 1. The van der Waals surface area contributed by atoms with Gasteiger partial charge in [-0.05, 0) is 25.1 Å². The van der Waals surface area contributed by atoms with Gasteiger partial charge in [0.1, 0.15) is 5.70 Å². The van der Waals surface area contributed by atoms with Gasteiger partial charge in [0.15, 0.2) is 0 Å².